The second-order valence-electron chi connectivity index (χ2n) is 5.47. The highest BCUT2D eigenvalue weighted by Crippen LogP contribution is 2.08. The fourth-order valence-electron chi connectivity index (χ4n) is 2.33. The quantitative estimate of drug-likeness (QED) is 0.730. The van der Waals surface area contributed by atoms with E-state index in [9.17, 15) is 14.0 Å². The molecule has 0 N–H and O–H groups in total. The lowest BCUT2D eigenvalue weighted by Crippen LogP contribution is -2.30. The van der Waals surface area contributed by atoms with Gasteiger partial charge in [-0.25, -0.2) is 4.39 Å². The summed E-state index contributed by atoms with van der Waals surface area (Å²) < 4.78 is 14.1. The van der Waals surface area contributed by atoms with E-state index in [0.29, 0.717) is 12.2 Å². The van der Waals surface area contributed by atoms with E-state index in [0.717, 1.165) is 10.2 Å². The van der Waals surface area contributed by atoms with Crippen LogP contribution in [0.3, 0.4) is 0 Å². The van der Waals surface area contributed by atoms with Gasteiger partial charge in [0.1, 0.15) is 11.5 Å². The molecule has 126 valence electrons. The van der Waals surface area contributed by atoms with Crippen molar-refractivity contribution in [3.63, 3.8) is 0 Å². The van der Waals surface area contributed by atoms with Gasteiger partial charge in [0.15, 0.2) is 0 Å². The van der Waals surface area contributed by atoms with Gasteiger partial charge in [0.05, 0.1) is 5.69 Å². The monoisotopic (exact) mass is 338 g/mol. The molecule has 6 nitrogen and oxygen atoms in total. The number of carbonyl (C=O) groups is 1. The minimum absolute atomic E-state index is 0.121. The first-order valence-electron chi connectivity index (χ1n) is 7.55. The number of pyridine rings is 1. The molecule has 0 aliphatic carbocycles. The summed E-state index contributed by atoms with van der Waals surface area (Å²) in [4.78, 5) is 30.1. The molecule has 0 aliphatic heterocycles. The van der Waals surface area contributed by atoms with Crippen molar-refractivity contribution in [3.05, 3.63) is 88.4 Å². The Balaban J connectivity index is 1.87. The van der Waals surface area contributed by atoms with Gasteiger partial charge < -0.3 is 4.90 Å². The molecule has 1 aromatic carbocycles. The number of hydrogen-bond donors (Lipinski definition) is 0. The van der Waals surface area contributed by atoms with Crippen LogP contribution < -0.4 is 5.56 Å². The van der Waals surface area contributed by atoms with Crippen LogP contribution in [0.15, 0.2) is 65.7 Å². The van der Waals surface area contributed by atoms with Crippen molar-refractivity contribution in [2.45, 2.75) is 6.54 Å². The number of hydrogen-bond acceptors (Lipinski definition) is 4. The highest BCUT2D eigenvalue weighted by molar-refractivity contribution is 5.91. The first kappa shape index (κ1) is 16.5. The molecule has 7 heteroatoms. The molecule has 0 bridgehead atoms. The Kier molecular flexibility index (Phi) is 4.65. The Bertz CT molecular complexity index is 939. The second kappa shape index (κ2) is 7.04. The number of halogens is 1. The Morgan fingerprint density at radius 3 is 2.60 bits per heavy atom. The summed E-state index contributed by atoms with van der Waals surface area (Å²) in [6.45, 7) is 0.365. The second-order valence-corrected chi connectivity index (χ2v) is 5.47. The minimum Gasteiger partial charge on any atom is -0.336 e. The average molecular weight is 338 g/mol. The predicted octanol–water partition coefficient (Wildman–Crippen LogP) is 2.04. The molecule has 2 aromatic heterocycles. The summed E-state index contributed by atoms with van der Waals surface area (Å²) in [5.74, 6) is -0.750. The maximum Gasteiger partial charge on any atom is 0.274 e. The topological polar surface area (TPSA) is 68.1 Å². The number of carbonyl (C=O) groups excluding carboxylic acids is 1. The van der Waals surface area contributed by atoms with Gasteiger partial charge in [-0.15, -0.1) is 0 Å². The molecule has 0 atom stereocenters. The van der Waals surface area contributed by atoms with Crippen LogP contribution in [0.1, 0.15) is 16.1 Å². The third-order valence-electron chi connectivity index (χ3n) is 3.58. The van der Waals surface area contributed by atoms with Crippen LogP contribution in [0.25, 0.3) is 5.69 Å². The summed E-state index contributed by atoms with van der Waals surface area (Å²) in [7, 11) is 1.64. The van der Waals surface area contributed by atoms with Gasteiger partial charge in [-0.2, -0.15) is 9.78 Å². The van der Waals surface area contributed by atoms with Crippen LogP contribution in [0.2, 0.25) is 0 Å². The maximum absolute atomic E-state index is 13.0. The highest BCUT2D eigenvalue weighted by atomic mass is 19.1. The minimum atomic E-state index is -0.416. The molecule has 0 unspecified atom stereocenters. The van der Waals surface area contributed by atoms with Crippen molar-refractivity contribution in [1.82, 2.24) is 19.7 Å². The van der Waals surface area contributed by atoms with Gasteiger partial charge in [0, 0.05) is 32.1 Å². The third kappa shape index (κ3) is 3.77. The van der Waals surface area contributed by atoms with Gasteiger partial charge in [-0.3, -0.25) is 14.6 Å². The molecular formula is C18H15FN4O2. The fourth-order valence-corrected chi connectivity index (χ4v) is 2.33. The van der Waals surface area contributed by atoms with E-state index >= 15 is 0 Å². The zero-order valence-corrected chi connectivity index (χ0v) is 13.5. The van der Waals surface area contributed by atoms with Crippen LogP contribution in [-0.4, -0.2) is 32.6 Å². The first-order valence-corrected chi connectivity index (χ1v) is 7.55. The molecule has 25 heavy (non-hydrogen) atoms. The van der Waals surface area contributed by atoms with Gasteiger partial charge >= 0.3 is 0 Å². The van der Waals surface area contributed by atoms with E-state index < -0.39 is 11.4 Å². The van der Waals surface area contributed by atoms with Crippen LogP contribution in [-0.2, 0) is 6.54 Å². The molecule has 0 saturated heterocycles. The van der Waals surface area contributed by atoms with E-state index in [1.54, 1.807) is 25.5 Å². The number of nitrogens with zero attached hydrogens (tertiary/aromatic N) is 4. The molecule has 0 aliphatic rings. The number of rotatable bonds is 4. The van der Waals surface area contributed by atoms with Crippen molar-refractivity contribution in [1.29, 1.82) is 0 Å². The van der Waals surface area contributed by atoms with Crippen LogP contribution in [0.4, 0.5) is 4.39 Å². The van der Waals surface area contributed by atoms with Crippen LogP contribution >= 0.6 is 0 Å². The molecule has 3 aromatic rings. The molecule has 0 fully saturated rings. The van der Waals surface area contributed by atoms with E-state index in [2.05, 4.69) is 10.1 Å². The number of amides is 1. The lowest BCUT2D eigenvalue weighted by atomic mass is 10.2. The van der Waals surface area contributed by atoms with E-state index in [4.69, 9.17) is 0 Å². The smallest absolute Gasteiger partial charge is 0.274 e. The summed E-state index contributed by atoms with van der Waals surface area (Å²) >= 11 is 0. The summed E-state index contributed by atoms with van der Waals surface area (Å²) in [6.07, 6.45) is 3.34. The zero-order chi connectivity index (χ0) is 17.8. The van der Waals surface area contributed by atoms with Crippen molar-refractivity contribution in [2.75, 3.05) is 7.05 Å². The normalized spacial score (nSPS) is 10.5. The number of benzene rings is 1. The van der Waals surface area contributed by atoms with Gasteiger partial charge in [0.2, 0.25) is 0 Å². The lowest BCUT2D eigenvalue weighted by molar-refractivity contribution is 0.0777. The fraction of sp³-hybridized carbons (Fsp3) is 0.111. The van der Waals surface area contributed by atoms with Crippen LogP contribution in [0.5, 0.6) is 0 Å². The molecular weight excluding hydrogens is 323 g/mol. The Morgan fingerprint density at radius 1 is 1.16 bits per heavy atom. The third-order valence-corrected chi connectivity index (χ3v) is 3.58. The van der Waals surface area contributed by atoms with E-state index in [1.807, 2.05) is 6.07 Å². The largest absolute Gasteiger partial charge is 0.336 e. The zero-order valence-electron chi connectivity index (χ0n) is 13.5. The standard InChI is InChI=1S/C18H15FN4O2/c1-22(12-13-3-2-10-20-11-13)18(25)16-8-9-17(24)23(21-16)15-6-4-14(19)5-7-15/h2-11H,12H2,1H3. The summed E-state index contributed by atoms with van der Waals surface area (Å²) in [5.41, 5.74) is 0.981. The average Bonchev–Trinajstić information content (AvgIpc) is 2.63. The lowest BCUT2D eigenvalue weighted by Gasteiger charge is -2.17. The van der Waals surface area contributed by atoms with Crippen LogP contribution in [0, 0.1) is 5.82 Å². The summed E-state index contributed by atoms with van der Waals surface area (Å²) in [6, 6.07) is 11.6. The molecule has 1 amide bonds. The highest BCUT2D eigenvalue weighted by Gasteiger charge is 2.15. The van der Waals surface area contributed by atoms with E-state index in [1.165, 1.54) is 41.3 Å². The van der Waals surface area contributed by atoms with Crippen molar-refractivity contribution >= 4 is 5.91 Å². The van der Waals surface area contributed by atoms with E-state index in [-0.39, 0.29) is 11.6 Å². The van der Waals surface area contributed by atoms with Gasteiger partial charge in [0.25, 0.3) is 11.5 Å². The van der Waals surface area contributed by atoms with Crippen molar-refractivity contribution in [3.8, 4) is 5.69 Å². The van der Waals surface area contributed by atoms with Crippen molar-refractivity contribution in [2.24, 2.45) is 0 Å². The SMILES string of the molecule is CN(Cc1cccnc1)C(=O)c1ccc(=O)n(-c2ccc(F)cc2)n1. The molecule has 2 heterocycles. The molecule has 0 radical (unpaired) electrons. The first-order chi connectivity index (χ1) is 12.0. The van der Waals surface area contributed by atoms with Gasteiger partial charge in [-0.1, -0.05) is 6.07 Å². The number of aromatic nitrogens is 3. The Labute approximate surface area is 143 Å². The molecule has 3 rings (SSSR count). The van der Waals surface area contributed by atoms with Gasteiger partial charge in [-0.05, 0) is 42.0 Å². The Hall–Kier alpha value is -3.35. The Morgan fingerprint density at radius 2 is 1.92 bits per heavy atom. The predicted molar refractivity (Wildman–Crippen MR) is 89.8 cm³/mol. The molecule has 0 spiro atoms. The summed E-state index contributed by atoms with van der Waals surface area (Å²) in [5, 5.41) is 4.11. The maximum atomic E-state index is 13.0. The molecule has 0 saturated carbocycles. The van der Waals surface area contributed by atoms with Crippen molar-refractivity contribution < 1.29 is 9.18 Å².